The van der Waals surface area contributed by atoms with Crippen molar-refractivity contribution in [2.75, 3.05) is 6.54 Å². The predicted molar refractivity (Wildman–Crippen MR) is 40.8 cm³/mol. The van der Waals surface area contributed by atoms with E-state index in [1.165, 1.54) is 0 Å². The van der Waals surface area contributed by atoms with Gasteiger partial charge in [0.15, 0.2) is 0 Å². The molecule has 3 N–H and O–H groups in total. The Morgan fingerprint density at radius 3 is 2.91 bits per heavy atom. The molecule has 0 aromatic carbocycles. The van der Waals surface area contributed by atoms with E-state index in [2.05, 4.69) is 0 Å². The molecule has 1 aliphatic heterocycles. The maximum Gasteiger partial charge on any atom is 0.304 e. The van der Waals surface area contributed by atoms with Crippen molar-refractivity contribution >= 4 is 5.97 Å². The van der Waals surface area contributed by atoms with Crippen LogP contribution < -0.4 is 5.84 Å². The Morgan fingerprint density at radius 1 is 1.64 bits per heavy atom. The van der Waals surface area contributed by atoms with Crippen LogP contribution in [0.15, 0.2) is 0 Å². The average Bonchev–Trinajstić information content (AvgIpc) is 1.93. The van der Waals surface area contributed by atoms with Gasteiger partial charge in [-0.05, 0) is 12.8 Å². The molecule has 0 aliphatic carbocycles. The van der Waals surface area contributed by atoms with Crippen molar-refractivity contribution in [3.05, 3.63) is 0 Å². The molecule has 1 atom stereocenters. The van der Waals surface area contributed by atoms with Gasteiger partial charge in [-0.25, -0.2) is 5.01 Å². The number of hydrazine groups is 1. The van der Waals surface area contributed by atoms with E-state index >= 15 is 0 Å². The molecule has 0 amide bonds. The number of nitrogens with two attached hydrogens (primary N) is 1. The summed E-state index contributed by atoms with van der Waals surface area (Å²) in [5, 5.41) is 10.2. The molecule has 1 saturated heterocycles. The Balaban J connectivity index is 2.35. The number of piperidine rings is 1. The van der Waals surface area contributed by atoms with Gasteiger partial charge in [0, 0.05) is 12.6 Å². The van der Waals surface area contributed by atoms with E-state index in [1.54, 1.807) is 5.01 Å². The maximum atomic E-state index is 10.3. The first-order chi connectivity index (χ1) is 5.20. The molecule has 0 radical (unpaired) electrons. The average molecular weight is 158 g/mol. The molecule has 1 aliphatic rings. The lowest BCUT2D eigenvalue weighted by molar-refractivity contribution is -0.138. The number of carboxylic acid groups (broad SMARTS) is 1. The highest BCUT2D eigenvalue weighted by molar-refractivity contribution is 5.67. The van der Waals surface area contributed by atoms with Crippen LogP contribution in [0.5, 0.6) is 0 Å². The molecule has 0 bridgehead atoms. The van der Waals surface area contributed by atoms with E-state index in [1.807, 2.05) is 0 Å². The third-order valence-electron chi connectivity index (χ3n) is 2.08. The number of carboxylic acids is 1. The van der Waals surface area contributed by atoms with Crippen LogP contribution in [0.25, 0.3) is 0 Å². The standard InChI is InChI=1S/C7H14N2O2/c8-9-4-2-1-3-6(9)5-7(10)11/h6H,1-5,8H2,(H,10,11). The van der Waals surface area contributed by atoms with Crippen LogP contribution in [0.3, 0.4) is 0 Å². The van der Waals surface area contributed by atoms with E-state index in [-0.39, 0.29) is 12.5 Å². The summed E-state index contributed by atoms with van der Waals surface area (Å²) in [6.45, 7) is 0.831. The van der Waals surface area contributed by atoms with Crippen LogP contribution >= 0.6 is 0 Å². The molecular weight excluding hydrogens is 144 g/mol. The Labute approximate surface area is 65.9 Å². The summed E-state index contributed by atoms with van der Waals surface area (Å²) in [6.07, 6.45) is 3.29. The van der Waals surface area contributed by atoms with Gasteiger partial charge in [-0.15, -0.1) is 0 Å². The third-order valence-corrected chi connectivity index (χ3v) is 2.08. The van der Waals surface area contributed by atoms with Gasteiger partial charge < -0.3 is 5.11 Å². The van der Waals surface area contributed by atoms with Crippen LogP contribution in [0.4, 0.5) is 0 Å². The molecule has 0 aromatic heterocycles. The second-order valence-corrected chi connectivity index (χ2v) is 2.99. The second kappa shape index (κ2) is 3.69. The van der Waals surface area contributed by atoms with Crippen molar-refractivity contribution in [3.8, 4) is 0 Å². The van der Waals surface area contributed by atoms with E-state index in [0.717, 1.165) is 25.8 Å². The van der Waals surface area contributed by atoms with Gasteiger partial charge in [0.25, 0.3) is 0 Å². The molecule has 1 rings (SSSR count). The molecule has 0 saturated carbocycles. The lowest BCUT2D eigenvalue weighted by atomic mass is 10.0. The number of rotatable bonds is 2. The summed E-state index contributed by atoms with van der Waals surface area (Å²) in [5.74, 6) is 4.84. The van der Waals surface area contributed by atoms with Gasteiger partial charge in [0.2, 0.25) is 0 Å². The summed E-state index contributed by atoms with van der Waals surface area (Å²) in [6, 6.07) is 0.0567. The van der Waals surface area contributed by atoms with Gasteiger partial charge in [-0.1, -0.05) is 6.42 Å². The fourth-order valence-electron chi connectivity index (χ4n) is 1.44. The first kappa shape index (κ1) is 8.49. The minimum absolute atomic E-state index is 0.0567. The van der Waals surface area contributed by atoms with Crippen molar-refractivity contribution in [2.24, 2.45) is 5.84 Å². The van der Waals surface area contributed by atoms with Crippen LogP contribution in [-0.4, -0.2) is 28.7 Å². The lowest BCUT2D eigenvalue weighted by Gasteiger charge is -2.30. The minimum Gasteiger partial charge on any atom is -0.481 e. The smallest absolute Gasteiger partial charge is 0.304 e. The molecule has 11 heavy (non-hydrogen) atoms. The normalized spacial score (nSPS) is 26.8. The Bertz CT molecular complexity index is 149. The Kier molecular flexibility index (Phi) is 2.84. The molecule has 4 heteroatoms. The quantitative estimate of drug-likeness (QED) is 0.563. The van der Waals surface area contributed by atoms with Crippen molar-refractivity contribution in [1.82, 2.24) is 5.01 Å². The maximum absolute atomic E-state index is 10.3. The third kappa shape index (κ3) is 2.48. The summed E-state index contributed by atoms with van der Waals surface area (Å²) in [5.41, 5.74) is 0. The van der Waals surface area contributed by atoms with E-state index in [0.29, 0.717) is 0 Å². The fraction of sp³-hybridized carbons (Fsp3) is 0.857. The van der Waals surface area contributed by atoms with Gasteiger partial charge >= 0.3 is 5.97 Å². The highest BCUT2D eigenvalue weighted by atomic mass is 16.4. The van der Waals surface area contributed by atoms with E-state index in [9.17, 15) is 4.79 Å². The molecule has 64 valence electrons. The van der Waals surface area contributed by atoms with Crippen molar-refractivity contribution in [3.63, 3.8) is 0 Å². The summed E-state index contributed by atoms with van der Waals surface area (Å²) in [7, 11) is 0. The van der Waals surface area contributed by atoms with E-state index in [4.69, 9.17) is 10.9 Å². The number of carbonyl (C=O) groups is 1. The number of nitrogens with zero attached hydrogens (tertiary/aromatic N) is 1. The zero-order valence-corrected chi connectivity index (χ0v) is 6.49. The van der Waals surface area contributed by atoms with Gasteiger partial charge in [-0.2, -0.15) is 0 Å². The summed E-state index contributed by atoms with van der Waals surface area (Å²) in [4.78, 5) is 10.3. The minimum atomic E-state index is -0.757. The van der Waals surface area contributed by atoms with Crippen LogP contribution in [0.2, 0.25) is 0 Å². The monoisotopic (exact) mass is 158 g/mol. The summed E-state index contributed by atoms with van der Waals surface area (Å²) >= 11 is 0. The van der Waals surface area contributed by atoms with Crippen LogP contribution in [0.1, 0.15) is 25.7 Å². The molecule has 4 nitrogen and oxygen atoms in total. The molecule has 1 heterocycles. The number of hydrogen-bond acceptors (Lipinski definition) is 3. The Hall–Kier alpha value is -0.610. The lowest BCUT2D eigenvalue weighted by Crippen LogP contribution is -2.45. The topological polar surface area (TPSA) is 66.6 Å². The second-order valence-electron chi connectivity index (χ2n) is 2.99. The van der Waals surface area contributed by atoms with Crippen molar-refractivity contribution in [1.29, 1.82) is 0 Å². The van der Waals surface area contributed by atoms with Gasteiger partial charge in [0.1, 0.15) is 0 Å². The number of aliphatic carboxylic acids is 1. The summed E-state index contributed by atoms with van der Waals surface area (Å²) < 4.78 is 0. The largest absolute Gasteiger partial charge is 0.481 e. The number of hydrogen-bond donors (Lipinski definition) is 2. The fourth-order valence-corrected chi connectivity index (χ4v) is 1.44. The SMILES string of the molecule is NN1CCCCC1CC(=O)O. The van der Waals surface area contributed by atoms with E-state index < -0.39 is 5.97 Å². The van der Waals surface area contributed by atoms with Gasteiger partial charge in [-0.3, -0.25) is 10.6 Å². The Morgan fingerprint density at radius 2 is 2.36 bits per heavy atom. The molecule has 0 aromatic rings. The van der Waals surface area contributed by atoms with Crippen LogP contribution in [-0.2, 0) is 4.79 Å². The molecular formula is C7H14N2O2. The molecule has 1 unspecified atom stereocenters. The van der Waals surface area contributed by atoms with Crippen molar-refractivity contribution < 1.29 is 9.90 Å². The zero-order valence-electron chi connectivity index (χ0n) is 6.49. The zero-order chi connectivity index (χ0) is 8.27. The van der Waals surface area contributed by atoms with Crippen LogP contribution in [0, 0.1) is 0 Å². The molecule has 1 fully saturated rings. The highest BCUT2D eigenvalue weighted by Gasteiger charge is 2.21. The molecule has 0 spiro atoms. The highest BCUT2D eigenvalue weighted by Crippen LogP contribution is 2.15. The first-order valence-electron chi connectivity index (χ1n) is 3.93. The van der Waals surface area contributed by atoms with Gasteiger partial charge in [0.05, 0.1) is 6.42 Å². The first-order valence-corrected chi connectivity index (χ1v) is 3.93. The van der Waals surface area contributed by atoms with Crippen molar-refractivity contribution in [2.45, 2.75) is 31.7 Å². The predicted octanol–water partition coefficient (Wildman–Crippen LogP) is 0.189.